The van der Waals surface area contributed by atoms with Crippen LogP contribution in [0.4, 0.5) is 11.4 Å². The van der Waals surface area contributed by atoms with E-state index in [0.717, 1.165) is 6.42 Å². The van der Waals surface area contributed by atoms with Crippen LogP contribution in [0.15, 0.2) is 33.2 Å². The maximum Gasteiger partial charge on any atom is 0.238 e. The number of carbonyl (C=O) groups is 2. The fourth-order valence-electron chi connectivity index (χ4n) is 3.86. The Hall–Kier alpha value is -1.14. The molecule has 0 spiro atoms. The Bertz CT molecular complexity index is 663. The van der Waals surface area contributed by atoms with Crippen LogP contribution in [0.3, 0.4) is 0 Å². The summed E-state index contributed by atoms with van der Waals surface area (Å²) in [5, 5.41) is 0. The summed E-state index contributed by atoms with van der Waals surface area (Å²) in [6.45, 7) is 0. The van der Waals surface area contributed by atoms with Crippen molar-refractivity contribution in [1.82, 2.24) is 0 Å². The first-order valence-corrected chi connectivity index (χ1v) is 8.38. The number of amides is 2. The lowest BCUT2D eigenvalue weighted by Crippen LogP contribution is -2.32. The van der Waals surface area contributed by atoms with E-state index in [0.29, 0.717) is 20.3 Å². The number of allylic oxidation sites excluding steroid dienone is 2. The molecule has 2 N–H and O–H groups in total. The Kier molecular flexibility index (Phi) is 2.85. The van der Waals surface area contributed by atoms with Crippen LogP contribution in [-0.2, 0) is 9.59 Å². The third-order valence-electron chi connectivity index (χ3n) is 4.79. The number of nitrogens with zero attached hydrogens (tertiary/aromatic N) is 1. The number of nitrogens with two attached hydrogens (primary N) is 1. The number of halogens is 2. The first kappa shape index (κ1) is 13.5. The van der Waals surface area contributed by atoms with Gasteiger partial charge in [0.2, 0.25) is 11.8 Å². The van der Waals surface area contributed by atoms with Gasteiger partial charge in [-0.05, 0) is 62.2 Å². The molecule has 108 valence electrons. The van der Waals surface area contributed by atoms with E-state index in [9.17, 15) is 9.59 Å². The topological polar surface area (TPSA) is 63.4 Å². The van der Waals surface area contributed by atoms with Crippen molar-refractivity contribution in [3.8, 4) is 0 Å². The molecule has 4 rings (SSSR count). The SMILES string of the molecule is Nc1c(Br)cc(N2C(=O)[C@H]3[C@H](C2=O)[C@H]2C=C[C@H]3C2)cc1Br. The Labute approximate surface area is 138 Å². The van der Waals surface area contributed by atoms with Crippen LogP contribution >= 0.6 is 31.9 Å². The van der Waals surface area contributed by atoms with Crippen molar-refractivity contribution in [3.63, 3.8) is 0 Å². The number of rotatable bonds is 1. The summed E-state index contributed by atoms with van der Waals surface area (Å²) in [5.74, 6) is -0.0646. The van der Waals surface area contributed by atoms with Gasteiger partial charge in [-0.2, -0.15) is 0 Å². The second-order valence-electron chi connectivity index (χ2n) is 5.83. The highest BCUT2D eigenvalue weighted by molar-refractivity contribution is 9.11. The van der Waals surface area contributed by atoms with E-state index in [4.69, 9.17) is 5.73 Å². The van der Waals surface area contributed by atoms with E-state index < -0.39 is 0 Å². The third-order valence-corrected chi connectivity index (χ3v) is 6.10. The number of hydrogen-bond acceptors (Lipinski definition) is 3. The first-order chi connectivity index (χ1) is 9.99. The molecule has 0 radical (unpaired) electrons. The lowest BCUT2D eigenvalue weighted by Gasteiger charge is -2.18. The minimum atomic E-state index is -0.178. The van der Waals surface area contributed by atoms with Gasteiger partial charge in [-0.15, -0.1) is 0 Å². The van der Waals surface area contributed by atoms with Gasteiger partial charge in [0.05, 0.1) is 23.2 Å². The van der Waals surface area contributed by atoms with Gasteiger partial charge in [0.15, 0.2) is 0 Å². The van der Waals surface area contributed by atoms with Gasteiger partial charge in [0.25, 0.3) is 0 Å². The summed E-state index contributed by atoms with van der Waals surface area (Å²) in [7, 11) is 0. The molecule has 0 unspecified atom stereocenters. The van der Waals surface area contributed by atoms with Crippen LogP contribution in [0.5, 0.6) is 0 Å². The van der Waals surface area contributed by atoms with Gasteiger partial charge >= 0.3 is 0 Å². The maximum atomic E-state index is 12.7. The second-order valence-corrected chi connectivity index (χ2v) is 7.54. The molecule has 2 amide bonds. The fourth-order valence-corrected chi connectivity index (χ4v) is 5.02. The van der Waals surface area contributed by atoms with Crippen molar-refractivity contribution in [3.05, 3.63) is 33.2 Å². The molecule has 6 heteroatoms. The van der Waals surface area contributed by atoms with Gasteiger partial charge in [0, 0.05) is 8.95 Å². The quantitative estimate of drug-likeness (QED) is 0.438. The average Bonchev–Trinajstić information content (AvgIpc) is 3.10. The molecule has 2 aliphatic carbocycles. The number of carbonyl (C=O) groups excluding carboxylic acids is 2. The lowest BCUT2D eigenvalue weighted by molar-refractivity contribution is -0.123. The van der Waals surface area contributed by atoms with E-state index >= 15 is 0 Å². The van der Waals surface area contributed by atoms with Crippen LogP contribution < -0.4 is 10.6 Å². The summed E-state index contributed by atoms with van der Waals surface area (Å²) in [6, 6.07) is 3.46. The molecular formula is C15H12Br2N2O2. The molecule has 2 fully saturated rings. The Morgan fingerprint density at radius 2 is 1.48 bits per heavy atom. The number of nitrogen functional groups attached to an aromatic ring is 1. The maximum absolute atomic E-state index is 12.7. The van der Waals surface area contributed by atoms with Gasteiger partial charge < -0.3 is 5.73 Å². The van der Waals surface area contributed by atoms with Crippen LogP contribution in [0.25, 0.3) is 0 Å². The Morgan fingerprint density at radius 1 is 1.00 bits per heavy atom. The summed E-state index contributed by atoms with van der Waals surface area (Å²) in [4.78, 5) is 26.7. The molecule has 3 aliphatic rings. The smallest absolute Gasteiger partial charge is 0.238 e. The molecule has 1 heterocycles. The molecule has 0 aromatic heterocycles. The largest absolute Gasteiger partial charge is 0.397 e. The highest BCUT2D eigenvalue weighted by atomic mass is 79.9. The summed E-state index contributed by atoms with van der Waals surface area (Å²) in [6.07, 6.45) is 5.13. The second kappa shape index (κ2) is 4.43. The lowest BCUT2D eigenvalue weighted by atomic mass is 9.85. The van der Waals surface area contributed by atoms with Crippen LogP contribution in [0.1, 0.15) is 6.42 Å². The summed E-state index contributed by atoms with van der Waals surface area (Å²) in [5.41, 5.74) is 7.00. The molecule has 1 aliphatic heterocycles. The first-order valence-electron chi connectivity index (χ1n) is 6.79. The number of benzene rings is 1. The zero-order chi connectivity index (χ0) is 14.9. The van der Waals surface area contributed by atoms with Crippen LogP contribution in [-0.4, -0.2) is 11.8 Å². The Morgan fingerprint density at radius 3 is 1.95 bits per heavy atom. The number of imide groups is 1. The van der Waals surface area contributed by atoms with Crippen molar-refractivity contribution in [2.45, 2.75) is 6.42 Å². The fraction of sp³-hybridized carbons (Fsp3) is 0.333. The summed E-state index contributed by atoms with van der Waals surface area (Å²) >= 11 is 6.73. The highest BCUT2D eigenvalue weighted by Gasteiger charge is 2.59. The monoisotopic (exact) mass is 410 g/mol. The van der Waals surface area contributed by atoms with E-state index in [1.54, 1.807) is 12.1 Å². The van der Waals surface area contributed by atoms with Crippen molar-refractivity contribution < 1.29 is 9.59 Å². The van der Waals surface area contributed by atoms with Crippen molar-refractivity contribution in [2.75, 3.05) is 10.6 Å². The van der Waals surface area contributed by atoms with Crippen molar-refractivity contribution in [1.29, 1.82) is 0 Å². The minimum absolute atomic E-state index is 0.0783. The number of fused-ring (bicyclic) bond motifs is 5. The van der Waals surface area contributed by atoms with E-state index in [1.807, 2.05) is 0 Å². The molecule has 4 nitrogen and oxygen atoms in total. The third kappa shape index (κ3) is 1.72. The zero-order valence-electron chi connectivity index (χ0n) is 10.9. The van der Waals surface area contributed by atoms with Gasteiger partial charge in [-0.3, -0.25) is 9.59 Å². The zero-order valence-corrected chi connectivity index (χ0v) is 14.1. The number of hydrogen-bond donors (Lipinski definition) is 1. The van der Waals surface area contributed by atoms with Crippen molar-refractivity contribution >= 4 is 55.0 Å². The molecular weight excluding hydrogens is 400 g/mol. The predicted molar refractivity (Wildman–Crippen MR) is 86.5 cm³/mol. The Balaban J connectivity index is 1.78. The molecule has 2 bridgehead atoms. The van der Waals surface area contributed by atoms with Crippen LogP contribution in [0, 0.1) is 23.7 Å². The molecule has 4 atom stereocenters. The minimum Gasteiger partial charge on any atom is -0.397 e. The van der Waals surface area contributed by atoms with Gasteiger partial charge in [-0.1, -0.05) is 12.2 Å². The molecule has 1 aromatic rings. The van der Waals surface area contributed by atoms with Crippen LogP contribution in [0.2, 0.25) is 0 Å². The normalized spacial score (nSPS) is 33.1. The predicted octanol–water partition coefficient (Wildman–Crippen LogP) is 3.11. The van der Waals surface area contributed by atoms with E-state index in [-0.39, 0.29) is 35.5 Å². The summed E-state index contributed by atoms with van der Waals surface area (Å²) < 4.78 is 1.34. The number of anilines is 2. The molecule has 1 saturated carbocycles. The van der Waals surface area contributed by atoms with E-state index in [1.165, 1.54) is 4.90 Å². The molecule has 1 saturated heterocycles. The average molecular weight is 412 g/mol. The highest BCUT2D eigenvalue weighted by Crippen LogP contribution is 2.53. The van der Waals surface area contributed by atoms with Gasteiger partial charge in [0.1, 0.15) is 0 Å². The van der Waals surface area contributed by atoms with E-state index in [2.05, 4.69) is 44.0 Å². The molecule has 21 heavy (non-hydrogen) atoms. The molecule has 1 aromatic carbocycles. The van der Waals surface area contributed by atoms with Crippen molar-refractivity contribution in [2.24, 2.45) is 23.7 Å². The van der Waals surface area contributed by atoms with Gasteiger partial charge in [-0.25, -0.2) is 4.90 Å². The standard InChI is InChI=1S/C15H12Br2N2O2/c16-9-4-8(5-10(17)13(9)18)19-14(20)11-6-1-2-7(3-6)12(11)15(19)21/h1-2,4-7,11-12H,3,18H2/t6-,7-,11+,12+/m0/s1.